The van der Waals surface area contributed by atoms with Gasteiger partial charge in [0.2, 0.25) is 0 Å². The minimum atomic E-state index is 0.396. The summed E-state index contributed by atoms with van der Waals surface area (Å²) in [5.41, 5.74) is 1.83. The van der Waals surface area contributed by atoms with Crippen LogP contribution in [-0.2, 0) is 5.88 Å². The molecule has 0 aliphatic rings. The molecule has 2 aromatic heterocycles. The average Bonchev–Trinajstić information content (AvgIpc) is 2.75. The molecule has 0 saturated carbocycles. The van der Waals surface area contributed by atoms with E-state index >= 15 is 0 Å². The lowest BCUT2D eigenvalue weighted by Crippen LogP contribution is -1.70. The fraction of sp³-hybridized carbons (Fsp3) is 0.125. The van der Waals surface area contributed by atoms with Crippen LogP contribution in [0, 0.1) is 0 Å². The number of nitrogens with zero attached hydrogens (tertiary/aromatic N) is 1. The molecule has 0 unspecified atom stereocenters. The van der Waals surface area contributed by atoms with Gasteiger partial charge in [0.1, 0.15) is 0 Å². The van der Waals surface area contributed by atoms with Crippen LogP contribution in [0.25, 0.3) is 11.3 Å². The molecule has 4 heteroatoms. The van der Waals surface area contributed by atoms with Gasteiger partial charge in [-0.3, -0.25) is 0 Å². The molecule has 12 heavy (non-hydrogen) atoms. The minimum absolute atomic E-state index is 0.396. The number of halogens is 1. The molecular weight excluding hydrogens is 194 g/mol. The number of alkyl halides is 1. The Kier molecular flexibility index (Phi) is 2.15. The Labute approximate surface area is 78.8 Å². The summed E-state index contributed by atoms with van der Waals surface area (Å²) < 4.78 is 5.07. The van der Waals surface area contributed by atoms with Crippen LogP contribution in [0.1, 0.15) is 5.69 Å². The van der Waals surface area contributed by atoms with Crippen LogP contribution < -0.4 is 0 Å². The van der Waals surface area contributed by atoms with Gasteiger partial charge >= 0.3 is 0 Å². The molecule has 0 atom stereocenters. The Balaban J connectivity index is 2.35. The minimum Gasteiger partial charge on any atom is -0.356 e. The van der Waals surface area contributed by atoms with Crippen LogP contribution in [0.15, 0.2) is 27.4 Å². The van der Waals surface area contributed by atoms with E-state index in [1.165, 1.54) is 0 Å². The maximum Gasteiger partial charge on any atom is 0.167 e. The molecule has 2 nitrogen and oxygen atoms in total. The zero-order valence-electron chi connectivity index (χ0n) is 6.16. The standard InChI is InChI=1S/C8H6ClNOS/c9-4-7-3-8(11-10-7)6-1-2-12-5-6/h1-3,5H,4H2. The lowest BCUT2D eigenvalue weighted by atomic mass is 10.2. The molecular formula is C8H6ClNOS. The smallest absolute Gasteiger partial charge is 0.167 e. The van der Waals surface area contributed by atoms with Crippen molar-refractivity contribution in [2.75, 3.05) is 0 Å². The summed E-state index contributed by atoms with van der Waals surface area (Å²) in [4.78, 5) is 0. The van der Waals surface area contributed by atoms with Crippen LogP contribution in [-0.4, -0.2) is 5.16 Å². The predicted octanol–water partition coefficient (Wildman–Crippen LogP) is 3.14. The van der Waals surface area contributed by atoms with Crippen molar-refractivity contribution in [3.8, 4) is 11.3 Å². The number of hydrogen-bond donors (Lipinski definition) is 0. The van der Waals surface area contributed by atoms with Crippen molar-refractivity contribution in [2.45, 2.75) is 5.88 Å². The number of thiophene rings is 1. The Morgan fingerprint density at radius 2 is 2.50 bits per heavy atom. The third-order valence-electron chi connectivity index (χ3n) is 1.50. The highest BCUT2D eigenvalue weighted by molar-refractivity contribution is 7.08. The van der Waals surface area contributed by atoms with Crippen LogP contribution in [0.5, 0.6) is 0 Å². The molecule has 0 N–H and O–H groups in total. The van der Waals surface area contributed by atoms with Crippen molar-refractivity contribution in [1.82, 2.24) is 5.16 Å². The molecule has 0 bridgehead atoms. The number of rotatable bonds is 2. The molecule has 0 saturated heterocycles. The summed E-state index contributed by atoms with van der Waals surface area (Å²) in [5, 5.41) is 7.80. The van der Waals surface area contributed by atoms with Crippen molar-refractivity contribution in [3.63, 3.8) is 0 Å². The van der Waals surface area contributed by atoms with Crippen LogP contribution >= 0.6 is 22.9 Å². The van der Waals surface area contributed by atoms with Gasteiger partial charge in [0.25, 0.3) is 0 Å². The predicted molar refractivity (Wildman–Crippen MR) is 49.4 cm³/mol. The molecule has 0 amide bonds. The molecule has 2 rings (SSSR count). The zero-order chi connectivity index (χ0) is 8.39. The Morgan fingerprint density at radius 3 is 3.08 bits per heavy atom. The summed E-state index contributed by atoms with van der Waals surface area (Å²) in [5.74, 6) is 1.18. The highest BCUT2D eigenvalue weighted by Crippen LogP contribution is 2.22. The van der Waals surface area contributed by atoms with Crippen molar-refractivity contribution < 1.29 is 4.52 Å². The van der Waals surface area contributed by atoms with Gasteiger partial charge in [-0.1, -0.05) is 5.16 Å². The van der Waals surface area contributed by atoms with E-state index in [4.69, 9.17) is 16.1 Å². The number of hydrogen-bond acceptors (Lipinski definition) is 3. The first-order valence-corrected chi connectivity index (χ1v) is 4.92. The molecule has 0 spiro atoms. The Hall–Kier alpha value is -0.800. The maximum atomic E-state index is 5.58. The van der Waals surface area contributed by atoms with Crippen molar-refractivity contribution in [2.24, 2.45) is 0 Å². The summed E-state index contributed by atoms with van der Waals surface area (Å²) in [6.07, 6.45) is 0. The third kappa shape index (κ3) is 1.38. The lowest BCUT2D eigenvalue weighted by molar-refractivity contribution is 0.426. The van der Waals surface area contributed by atoms with Crippen molar-refractivity contribution in [1.29, 1.82) is 0 Å². The first kappa shape index (κ1) is 7.83. The van der Waals surface area contributed by atoms with Gasteiger partial charge in [-0.05, 0) is 11.4 Å². The van der Waals surface area contributed by atoms with E-state index in [1.54, 1.807) is 11.3 Å². The first-order chi connectivity index (χ1) is 5.90. The second-order valence-electron chi connectivity index (χ2n) is 2.33. The van der Waals surface area contributed by atoms with Crippen molar-refractivity contribution >= 4 is 22.9 Å². The van der Waals surface area contributed by atoms with Gasteiger partial charge in [0, 0.05) is 17.0 Å². The van der Waals surface area contributed by atoms with Crippen LogP contribution in [0.3, 0.4) is 0 Å². The molecule has 0 aliphatic carbocycles. The molecule has 62 valence electrons. The first-order valence-electron chi connectivity index (χ1n) is 3.44. The van der Waals surface area contributed by atoms with Crippen molar-refractivity contribution in [3.05, 3.63) is 28.6 Å². The van der Waals surface area contributed by atoms with Gasteiger partial charge in [0.05, 0.1) is 11.6 Å². The second kappa shape index (κ2) is 3.29. The van der Waals surface area contributed by atoms with Gasteiger partial charge in [-0.2, -0.15) is 11.3 Å². The van der Waals surface area contributed by atoms with Crippen LogP contribution in [0.2, 0.25) is 0 Å². The molecule has 2 heterocycles. The van der Waals surface area contributed by atoms with Gasteiger partial charge in [-0.25, -0.2) is 0 Å². The molecule has 2 aromatic rings. The molecule has 0 radical (unpaired) electrons. The van der Waals surface area contributed by atoms with E-state index in [-0.39, 0.29) is 0 Å². The fourth-order valence-electron chi connectivity index (χ4n) is 0.916. The topological polar surface area (TPSA) is 26.0 Å². The van der Waals surface area contributed by atoms with E-state index in [2.05, 4.69) is 5.16 Å². The van der Waals surface area contributed by atoms with Crippen LogP contribution in [0.4, 0.5) is 0 Å². The van der Waals surface area contributed by atoms with E-state index in [9.17, 15) is 0 Å². The SMILES string of the molecule is ClCc1cc(-c2ccsc2)on1. The van der Waals surface area contributed by atoms with E-state index < -0.39 is 0 Å². The molecule has 0 fully saturated rings. The summed E-state index contributed by atoms with van der Waals surface area (Å²) in [6, 6.07) is 3.85. The Morgan fingerprint density at radius 1 is 1.58 bits per heavy atom. The van der Waals surface area contributed by atoms with Gasteiger partial charge < -0.3 is 4.52 Å². The average molecular weight is 200 g/mol. The lowest BCUT2D eigenvalue weighted by Gasteiger charge is -1.83. The maximum absolute atomic E-state index is 5.58. The fourth-order valence-corrected chi connectivity index (χ4v) is 1.69. The monoisotopic (exact) mass is 199 g/mol. The summed E-state index contributed by atoms with van der Waals surface area (Å²) >= 11 is 7.21. The Bertz CT molecular complexity index is 355. The largest absolute Gasteiger partial charge is 0.356 e. The van der Waals surface area contributed by atoms with E-state index in [0.717, 1.165) is 17.0 Å². The highest BCUT2D eigenvalue weighted by Gasteiger charge is 2.05. The highest BCUT2D eigenvalue weighted by atomic mass is 35.5. The second-order valence-corrected chi connectivity index (χ2v) is 3.38. The quantitative estimate of drug-likeness (QED) is 0.695. The zero-order valence-corrected chi connectivity index (χ0v) is 7.73. The molecule has 0 aliphatic heterocycles. The summed E-state index contributed by atoms with van der Waals surface area (Å²) in [7, 11) is 0. The van der Waals surface area contributed by atoms with E-state index in [0.29, 0.717) is 5.88 Å². The van der Waals surface area contributed by atoms with E-state index in [1.807, 2.05) is 22.9 Å². The third-order valence-corrected chi connectivity index (χ3v) is 2.46. The summed E-state index contributed by atoms with van der Waals surface area (Å²) in [6.45, 7) is 0. The van der Waals surface area contributed by atoms with Gasteiger partial charge in [0.15, 0.2) is 5.76 Å². The normalized spacial score (nSPS) is 10.4. The van der Waals surface area contributed by atoms with Gasteiger partial charge in [-0.15, -0.1) is 11.6 Å². The number of aromatic nitrogens is 1. The molecule has 0 aromatic carbocycles.